The van der Waals surface area contributed by atoms with Gasteiger partial charge in [0.1, 0.15) is 4.60 Å². The number of hydrogen-bond donors (Lipinski definition) is 1. The van der Waals surface area contributed by atoms with Gasteiger partial charge in [-0.1, -0.05) is 13.0 Å². The highest BCUT2D eigenvalue weighted by atomic mass is 79.9. The molecule has 1 aromatic heterocycles. The zero-order chi connectivity index (χ0) is 8.97. The Morgan fingerprint density at radius 3 is 2.92 bits per heavy atom. The molecule has 3 nitrogen and oxygen atoms in total. The summed E-state index contributed by atoms with van der Waals surface area (Å²) in [5, 5.41) is 0. The summed E-state index contributed by atoms with van der Waals surface area (Å²) in [5.74, 6) is 5.25. The van der Waals surface area contributed by atoms with E-state index in [4.69, 9.17) is 5.90 Å². The average Bonchev–Trinajstić information content (AvgIpc) is 2.06. The lowest BCUT2D eigenvalue weighted by atomic mass is 10.1. The Kier molecular flexibility index (Phi) is 3.65. The van der Waals surface area contributed by atoms with Crippen LogP contribution in [0.3, 0.4) is 0 Å². The molecule has 2 N–H and O–H groups in total. The number of aromatic nitrogens is 1. The van der Waals surface area contributed by atoms with Crippen LogP contribution in [0.25, 0.3) is 0 Å². The molecule has 12 heavy (non-hydrogen) atoms. The Morgan fingerprint density at radius 1 is 1.67 bits per heavy atom. The predicted molar refractivity (Wildman–Crippen MR) is 50.5 cm³/mol. The van der Waals surface area contributed by atoms with Crippen LogP contribution in [0.2, 0.25) is 0 Å². The molecule has 1 atom stereocenters. The molecule has 0 aliphatic heterocycles. The molecule has 0 aliphatic carbocycles. The topological polar surface area (TPSA) is 48.1 Å². The minimum Gasteiger partial charge on any atom is -0.304 e. The third kappa shape index (κ3) is 2.55. The monoisotopic (exact) mass is 230 g/mol. The zero-order valence-electron chi connectivity index (χ0n) is 6.83. The summed E-state index contributed by atoms with van der Waals surface area (Å²) in [7, 11) is 0. The number of halogens is 1. The third-order valence-corrected chi connectivity index (χ3v) is 2.13. The summed E-state index contributed by atoms with van der Waals surface area (Å²) < 4.78 is 0.840. The van der Waals surface area contributed by atoms with Crippen molar-refractivity contribution in [1.29, 1.82) is 0 Å². The number of rotatable bonds is 3. The van der Waals surface area contributed by atoms with E-state index in [1.165, 1.54) is 0 Å². The molecule has 0 saturated heterocycles. The molecule has 0 fully saturated rings. The van der Waals surface area contributed by atoms with E-state index >= 15 is 0 Å². The van der Waals surface area contributed by atoms with E-state index in [1.54, 1.807) is 0 Å². The summed E-state index contributed by atoms with van der Waals surface area (Å²) in [4.78, 5) is 8.65. The summed E-state index contributed by atoms with van der Waals surface area (Å²) in [6.07, 6.45) is 1.81. The Morgan fingerprint density at radius 2 is 2.42 bits per heavy atom. The van der Waals surface area contributed by atoms with Crippen molar-refractivity contribution in [1.82, 2.24) is 4.98 Å². The number of pyridine rings is 1. The Bertz CT molecular complexity index is 237. The molecule has 0 amide bonds. The van der Waals surface area contributed by atoms with E-state index in [2.05, 4.69) is 25.8 Å². The molecule has 1 aromatic rings. The summed E-state index contributed by atoms with van der Waals surface area (Å²) in [6, 6.07) is 3.91. The Balaban J connectivity index is 2.68. The van der Waals surface area contributed by atoms with Gasteiger partial charge in [0.25, 0.3) is 0 Å². The van der Waals surface area contributed by atoms with Gasteiger partial charge in [0.05, 0.1) is 6.61 Å². The second-order valence-corrected chi connectivity index (χ2v) is 3.46. The van der Waals surface area contributed by atoms with Crippen LogP contribution >= 0.6 is 15.9 Å². The maximum absolute atomic E-state index is 4.97. The largest absolute Gasteiger partial charge is 0.304 e. The minimum atomic E-state index is 0.288. The zero-order valence-corrected chi connectivity index (χ0v) is 8.41. The van der Waals surface area contributed by atoms with Crippen molar-refractivity contribution in [2.75, 3.05) is 6.61 Å². The third-order valence-electron chi connectivity index (χ3n) is 1.67. The second kappa shape index (κ2) is 4.54. The summed E-state index contributed by atoms with van der Waals surface area (Å²) in [5.41, 5.74) is 1.13. The molecule has 0 radical (unpaired) electrons. The van der Waals surface area contributed by atoms with Gasteiger partial charge in [-0.2, -0.15) is 0 Å². The highest BCUT2D eigenvalue weighted by molar-refractivity contribution is 9.10. The van der Waals surface area contributed by atoms with E-state index in [-0.39, 0.29) is 5.92 Å². The van der Waals surface area contributed by atoms with Crippen LogP contribution in [0.4, 0.5) is 0 Å². The fourth-order valence-electron chi connectivity index (χ4n) is 0.919. The maximum Gasteiger partial charge on any atom is 0.106 e. The molecular weight excluding hydrogens is 220 g/mol. The average molecular weight is 231 g/mol. The van der Waals surface area contributed by atoms with Gasteiger partial charge in [0, 0.05) is 12.1 Å². The first-order valence-corrected chi connectivity index (χ1v) is 4.46. The molecular formula is C8H11BrN2O. The van der Waals surface area contributed by atoms with Gasteiger partial charge in [-0.25, -0.2) is 10.9 Å². The van der Waals surface area contributed by atoms with Gasteiger partial charge in [0.2, 0.25) is 0 Å². The normalized spacial score (nSPS) is 12.9. The molecule has 0 aromatic carbocycles. The van der Waals surface area contributed by atoms with E-state index in [0.717, 1.165) is 10.2 Å². The van der Waals surface area contributed by atoms with Gasteiger partial charge in [0.15, 0.2) is 0 Å². The molecule has 0 spiro atoms. The van der Waals surface area contributed by atoms with Crippen molar-refractivity contribution in [3.63, 3.8) is 0 Å². The van der Waals surface area contributed by atoms with Crippen LogP contribution in [-0.2, 0) is 4.84 Å². The van der Waals surface area contributed by atoms with Gasteiger partial charge in [-0.05, 0) is 27.6 Å². The fraction of sp³-hybridized carbons (Fsp3) is 0.375. The van der Waals surface area contributed by atoms with Gasteiger partial charge >= 0.3 is 0 Å². The lowest BCUT2D eigenvalue weighted by molar-refractivity contribution is 0.126. The molecule has 0 aliphatic rings. The van der Waals surface area contributed by atoms with Gasteiger partial charge in [-0.3, -0.25) is 0 Å². The molecule has 4 heteroatoms. The summed E-state index contributed by atoms with van der Waals surface area (Å²) in [6.45, 7) is 2.56. The van der Waals surface area contributed by atoms with Crippen LogP contribution in [0.1, 0.15) is 18.4 Å². The van der Waals surface area contributed by atoms with E-state index in [1.807, 2.05) is 25.3 Å². The van der Waals surface area contributed by atoms with Crippen molar-refractivity contribution in [2.45, 2.75) is 12.8 Å². The second-order valence-electron chi connectivity index (χ2n) is 2.65. The number of nitrogens with zero attached hydrogens (tertiary/aromatic N) is 1. The van der Waals surface area contributed by atoms with Crippen LogP contribution < -0.4 is 5.90 Å². The summed E-state index contributed by atoms with van der Waals surface area (Å²) >= 11 is 3.27. The minimum absolute atomic E-state index is 0.288. The standard InChI is InChI=1S/C8H11BrN2O/c1-6(5-12-10)7-2-3-8(9)11-4-7/h2-4,6H,5,10H2,1H3. The van der Waals surface area contributed by atoms with Gasteiger partial charge in [-0.15, -0.1) is 0 Å². The SMILES string of the molecule is CC(CON)c1ccc(Br)nc1. The lowest BCUT2D eigenvalue weighted by Crippen LogP contribution is -2.08. The smallest absolute Gasteiger partial charge is 0.106 e. The van der Waals surface area contributed by atoms with Crippen LogP contribution in [-0.4, -0.2) is 11.6 Å². The molecule has 1 rings (SSSR count). The van der Waals surface area contributed by atoms with Crippen molar-refractivity contribution in [3.05, 3.63) is 28.5 Å². The lowest BCUT2D eigenvalue weighted by Gasteiger charge is -2.08. The molecule has 1 unspecified atom stereocenters. The number of hydrogen-bond acceptors (Lipinski definition) is 3. The molecule has 66 valence electrons. The van der Waals surface area contributed by atoms with Crippen LogP contribution in [0.15, 0.2) is 22.9 Å². The fourth-order valence-corrected chi connectivity index (χ4v) is 1.15. The maximum atomic E-state index is 4.97. The van der Waals surface area contributed by atoms with E-state index in [9.17, 15) is 0 Å². The van der Waals surface area contributed by atoms with Crippen molar-refractivity contribution < 1.29 is 4.84 Å². The van der Waals surface area contributed by atoms with Gasteiger partial charge < -0.3 is 4.84 Å². The van der Waals surface area contributed by atoms with Crippen molar-refractivity contribution in [3.8, 4) is 0 Å². The molecule has 0 saturated carbocycles. The first-order chi connectivity index (χ1) is 5.74. The van der Waals surface area contributed by atoms with Crippen LogP contribution in [0, 0.1) is 0 Å². The Hall–Kier alpha value is -0.450. The first kappa shape index (κ1) is 9.64. The first-order valence-electron chi connectivity index (χ1n) is 3.67. The van der Waals surface area contributed by atoms with Crippen molar-refractivity contribution in [2.24, 2.45) is 5.90 Å². The van der Waals surface area contributed by atoms with Crippen molar-refractivity contribution >= 4 is 15.9 Å². The highest BCUT2D eigenvalue weighted by Crippen LogP contribution is 2.15. The molecule has 0 bridgehead atoms. The predicted octanol–water partition coefficient (Wildman–Crippen LogP) is 1.84. The molecule has 1 heterocycles. The van der Waals surface area contributed by atoms with E-state index in [0.29, 0.717) is 6.61 Å². The quantitative estimate of drug-likeness (QED) is 0.637. The Labute approximate surface area is 80.0 Å². The highest BCUT2D eigenvalue weighted by Gasteiger charge is 2.04. The van der Waals surface area contributed by atoms with E-state index < -0.39 is 0 Å². The number of nitrogens with two attached hydrogens (primary N) is 1. The van der Waals surface area contributed by atoms with Crippen LogP contribution in [0.5, 0.6) is 0 Å².